The largest absolute Gasteiger partial charge is 0.294 e. The van der Waals surface area contributed by atoms with Gasteiger partial charge in [0.25, 0.3) is 0 Å². The summed E-state index contributed by atoms with van der Waals surface area (Å²) in [5, 5.41) is 1.31. The zero-order chi connectivity index (χ0) is 15.2. The van der Waals surface area contributed by atoms with E-state index in [1.807, 2.05) is 42.5 Å². The van der Waals surface area contributed by atoms with E-state index >= 15 is 0 Å². The van der Waals surface area contributed by atoms with E-state index in [1.165, 1.54) is 0 Å². The van der Waals surface area contributed by atoms with Gasteiger partial charge in [-0.25, -0.2) is 5.84 Å². The van der Waals surface area contributed by atoms with Crippen LogP contribution in [0.25, 0.3) is 0 Å². The summed E-state index contributed by atoms with van der Waals surface area (Å²) in [4.78, 5) is 12.1. The number of hydrogen-bond donors (Lipinski definition) is 2. The Morgan fingerprint density at radius 3 is 2.19 bits per heavy atom. The van der Waals surface area contributed by atoms with Crippen molar-refractivity contribution in [3.63, 3.8) is 0 Å². The molecule has 2 aromatic rings. The van der Waals surface area contributed by atoms with Gasteiger partial charge in [0.2, 0.25) is 5.91 Å². The Kier molecular flexibility index (Phi) is 5.94. The molecule has 21 heavy (non-hydrogen) atoms. The van der Waals surface area contributed by atoms with E-state index in [0.717, 1.165) is 21.8 Å². The molecule has 0 radical (unpaired) electrons. The topological polar surface area (TPSA) is 55.1 Å². The van der Waals surface area contributed by atoms with Crippen molar-refractivity contribution in [2.24, 2.45) is 5.84 Å². The molecule has 0 spiro atoms. The van der Waals surface area contributed by atoms with Gasteiger partial charge in [-0.1, -0.05) is 53.5 Å². The highest BCUT2D eigenvalue weighted by Crippen LogP contribution is 2.35. The van der Waals surface area contributed by atoms with E-state index in [-0.39, 0.29) is 12.3 Å². The summed E-state index contributed by atoms with van der Waals surface area (Å²) in [6.07, 6.45) is 0.278. The highest BCUT2D eigenvalue weighted by Gasteiger charge is 2.07. The summed E-state index contributed by atoms with van der Waals surface area (Å²) in [5.41, 5.74) is 4.17. The average Bonchev–Trinajstić information content (AvgIpc) is 2.48. The number of halogens is 2. The molecule has 0 bridgehead atoms. The molecular weight excluding hydrogens is 327 g/mol. The first-order chi connectivity index (χ1) is 10.1. The molecule has 1 amide bonds. The van der Waals surface area contributed by atoms with E-state index in [2.05, 4.69) is 5.43 Å². The van der Waals surface area contributed by atoms with Gasteiger partial charge in [0.05, 0.1) is 16.5 Å². The summed E-state index contributed by atoms with van der Waals surface area (Å²) in [7, 11) is 0. The normalized spacial score (nSPS) is 10.4. The minimum Gasteiger partial charge on any atom is -0.294 e. The predicted octanol–water partition coefficient (Wildman–Crippen LogP) is 3.82. The lowest BCUT2D eigenvalue weighted by Crippen LogP contribution is -2.31. The monoisotopic (exact) mass is 340 g/mol. The van der Waals surface area contributed by atoms with Crippen LogP contribution in [0.2, 0.25) is 10.0 Å². The number of carbonyl (C=O) groups excluding carboxylic acids is 1. The van der Waals surface area contributed by atoms with Gasteiger partial charge >= 0.3 is 0 Å². The third-order valence-corrected chi connectivity index (χ3v) is 4.91. The van der Waals surface area contributed by atoms with Crippen molar-refractivity contribution in [2.75, 3.05) is 0 Å². The fraction of sp³-hybridized carbons (Fsp3) is 0.133. The molecule has 6 heteroatoms. The minimum absolute atomic E-state index is 0.208. The van der Waals surface area contributed by atoms with Crippen LogP contribution in [0.15, 0.2) is 47.4 Å². The van der Waals surface area contributed by atoms with E-state index < -0.39 is 0 Å². The van der Waals surface area contributed by atoms with E-state index in [9.17, 15) is 4.79 Å². The standard InChI is InChI=1S/C15H14Cl2N2OS/c16-12-2-1-3-13(17)15(12)21-9-11-6-4-10(5-7-11)8-14(20)19-18/h1-7H,8-9,18H2,(H,19,20). The highest BCUT2D eigenvalue weighted by atomic mass is 35.5. The number of benzene rings is 2. The van der Waals surface area contributed by atoms with Gasteiger partial charge in [-0.2, -0.15) is 0 Å². The summed E-state index contributed by atoms with van der Waals surface area (Å²) in [6.45, 7) is 0. The molecule has 0 saturated carbocycles. The molecular formula is C15H14Cl2N2OS. The number of nitrogens with one attached hydrogen (secondary N) is 1. The van der Waals surface area contributed by atoms with E-state index in [1.54, 1.807) is 11.8 Å². The Morgan fingerprint density at radius 1 is 1.05 bits per heavy atom. The summed E-state index contributed by atoms with van der Waals surface area (Å²) in [6, 6.07) is 13.3. The number of rotatable bonds is 5. The smallest absolute Gasteiger partial charge is 0.238 e. The third kappa shape index (κ3) is 4.64. The molecule has 0 heterocycles. The lowest BCUT2D eigenvalue weighted by molar-refractivity contribution is -0.120. The Balaban J connectivity index is 1.99. The number of carbonyl (C=O) groups is 1. The molecule has 0 unspecified atom stereocenters. The maximum Gasteiger partial charge on any atom is 0.238 e. The first kappa shape index (κ1) is 16.2. The van der Waals surface area contributed by atoms with Crippen LogP contribution >= 0.6 is 35.0 Å². The van der Waals surface area contributed by atoms with Crippen LogP contribution in [0.4, 0.5) is 0 Å². The molecule has 3 nitrogen and oxygen atoms in total. The van der Waals surface area contributed by atoms with Gasteiger partial charge in [-0.05, 0) is 23.3 Å². The van der Waals surface area contributed by atoms with Crippen molar-refractivity contribution in [1.29, 1.82) is 0 Å². The number of amides is 1. The van der Waals surface area contributed by atoms with Gasteiger partial charge in [-0.15, -0.1) is 11.8 Å². The minimum atomic E-state index is -0.208. The molecule has 0 fully saturated rings. The maximum atomic E-state index is 11.2. The Morgan fingerprint density at radius 2 is 1.62 bits per heavy atom. The lowest BCUT2D eigenvalue weighted by atomic mass is 10.1. The molecule has 0 saturated heterocycles. The van der Waals surface area contributed by atoms with E-state index in [0.29, 0.717) is 10.0 Å². The van der Waals surface area contributed by atoms with Crippen molar-refractivity contribution in [3.05, 3.63) is 63.6 Å². The second-order valence-electron chi connectivity index (χ2n) is 4.40. The van der Waals surface area contributed by atoms with Gasteiger partial charge in [0.1, 0.15) is 0 Å². The van der Waals surface area contributed by atoms with Crippen molar-refractivity contribution in [2.45, 2.75) is 17.1 Å². The van der Waals surface area contributed by atoms with Crippen LogP contribution in [0, 0.1) is 0 Å². The number of thioether (sulfide) groups is 1. The molecule has 0 atom stereocenters. The van der Waals surface area contributed by atoms with Crippen LogP contribution in [-0.4, -0.2) is 5.91 Å². The van der Waals surface area contributed by atoms with Crippen LogP contribution < -0.4 is 11.3 Å². The van der Waals surface area contributed by atoms with Crippen molar-refractivity contribution in [3.8, 4) is 0 Å². The Hall–Kier alpha value is -1.20. The van der Waals surface area contributed by atoms with Gasteiger partial charge in [-0.3, -0.25) is 10.2 Å². The fourth-order valence-electron chi connectivity index (χ4n) is 1.77. The van der Waals surface area contributed by atoms with Crippen LogP contribution in [0.3, 0.4) is 0 Å². The molecule has 3 N–H and O–H groups in total. The average molecular weight is 341 g/mol. The predicted molar refractivity (Wildman–Crippen MR) is 88.5 cm³/mol. The maximum absolute atomic E-state index is 11.2. The van der Waals surface area contributed by atoms with Gasteiger partial charge in [0, 0.05) is 10.6 Å². The Labute approximate surface area is 137 Å². The number of hydrazine groups is 1. The molecule has 0 aliphatic heterocycles. The first-order valence-corrected chi connectivity index (χ1v) is 7.98. The van der Waals surface area contributed by atoms with Crippen molar-refractivity contribution in [1.82, 2.24) is 5.43 Å². The third-order valence-electron chi connectivity index (χ3n) is 2.85. The molecule has 2 rings (SSSR count). The fourth-order valence-corrected chi connectivity index (χ4v) is 3.41. The first-order valence-electron chi connectivity index (χ1n) is 6.24. The second kappa shape index (κ2) is 7.71. The number of hydrogen-bond acceptors (Lipinski definition) is 3. The van der Waals surface area contributed by atoms with Crippen LogP contribution in [0.5, 0.6) is 0 Å². The van der Waals surface area contributed by atoms with Gasteiger partial charge < -0.3 is 0 Å². The SMILES string of the molecule is NNC(=O)Cc1ccc(CSc2c(Cl)cccc2Cl)cc1. The molecule has 0 aliphatic rings. The Bertz CT molecular complexity index is 612. The van der Waals surface area contributed by atoms with Crippen LogP contribution in [-0.2, 0) is 17.0 Å². The van der Waals surface area contributed by atoms with E-state index in [4.69, 9.17) is 29.0 Å². The molecule has 110 valence electrons. The summed E-state index contributed by atoms with van der Waals surface area (Å²) in [5.74, 6) is 5.61. The molecule has 0 aromatic heterocycles. The van der Waals surface area contributed by atoms with Crippen molar-refractivity contribution < 1.29 is 4.79 Å². The number of nitrogens with two attached hydrogens (primary N) is 1. The summed E-state index contributed by atoms with van der Waals surface area (Å²) >= 11 is 13.9. The van der Waals surface area contributed by atoms with Gasteiger partial charge in [0.15, 0.2) is 0 Å². The molecule has 2 aromatic carbocycles. The molecule has 0 aliphatic carbocycles. The lowest BCUT2D eigenvalue weighted by Gasteiger charge is -2.07. The zero-order valence-corrected chi connectivity index (χ0v) is 13.4. The highest BCUT2D eigenvalue weighted by molar-refractivity contribution is 7.98. The zero-order valence-electron chi connectivity index (χ0n) is 11.1. The van der Waals surface area contributed by atoms with Crippen molar-refractivity contribution >= 4 is 40.9 Å². The van der Waals surface area contributed by atoms with Crippen LogP contribution in [0.1, 0.15) is 11.1 Å². The quantitative estimate of drug-likeness (QED) is 0.376. The second-order valence-corrected chi connectivity index (χ2v) is 6.20. The summed E-state index contributed by atoms with van der Waals surface area (Å²) < 4.78 is 0.